The number of nitrogens with two attached hydrogens (primary N) is 1. The summed E-state index contributed by atoms with van der Waals surface area (Å²) in [7, 11) is 0. The highest BCUT2D eigenvalue weighted by molar-refractivity contribution is 9.10. The van der Waals surface area contributed by atoms with Crippen LogP contribution in [-0.4, -0.2) is 50.5 Å². The number of nitrogens with one attached hydrogen (secondary N) is 3. The highest BCUT2D eigenvalue weighted by Crippen LogP contribution is 2.28. The average molecular weight is 538 g/mol. The van der Waals surface area contributed by atoms with E-state index in [1.54, 1.807) is 0 Å². The number of para-hydroxylation sites is 1. The van der Waals surface area contributed by atoms with Gasteiger partial charge in [0.25, 0.3) is 11.8 Å². The summed E-state index contributed by atoms with van der Waals surface area (Å²) in [6.45, 7) is 3.72. The summed E-state index contributed by atoms with van der Waals surface area (Å²) in [5.74, 6) is -0.482. The van der Waals surface area contributed by atoms with Gasteiger partial charge in [-0.25, -0.2) is 9.97 Å². The number of aromatic amines is 1. The second-order valence-corrected chi connectivity index (χ2v) is 9.28. The topological polar surface area (TPSA) is 140 Å². The zero-order chi connectivity index (χ0) is 24.5. The van der Waals surface area contributed by atoms with E-state index >= 15 is 0 Å². The van der Waals surface area contributed by atoms with Crippen LogP contribution in [0.25, 0.3) is 16.7 Å². The number of rotatable bonds is 6. The summed E-state index contributed by atoms with van der Waals surface area (Å²) in [6.07, 6.45) is 3.37. The van der Waals surface area contributed by atoms with Gasteiger partial charge >= 0.3 is 0 Å². The third-order valence-corrected chi connectivity index (χ3v) is 6.43. The molecule has 3 heterocycles. The van der Waals surface area contributed by atoms with Crippen molar-refractivity contribution in [3.63, 3.8) is 0 Å². The molecule has 1 saturated heterocycles. The van der Waals surface area contributed by atoms with E-state index in [4.69, 9.17) is 10.5 Å². The minimum absolute atomic E-state index is 0.0188. The van der Waals surface area contributed by atoms with Crippen LogP contribution >= 0.6 is 15.9 Å². The lowest BCUT2D eigenvalue weighted by molar-refractivity contribution is 0.0970. The summed E-state index contributed by atoms with van der Waals surface area (Å²) in [6, 6.07) is 11.2. The third-order valence-electron chi connectivity index (χ3n) is 5.94. The molecule has 2 amide bonds. The molecule has 4 aromatic rings. The second-order valence-electron chi connectivity index (χ2n) is 8.36. The predicted molar refractivity (Wildman–Crippen MR) is 135 cm³/mol. The smallest absolute Gasteiger partial charge is 0.279 e. The van der Waals surface area contributed by atoms with Crippen LogP contribution in [0.2, 0.25) is 0 Å². The van der Waals surface area contributed by atoms with Gasteiger partial charge in [-0.3, -0.25) is 19.5 Å². The number of imidazole rings is 2. The Kier molecular flexibility index (Phi) is 6.27. The second kappa shape index (κ2) is 9.51. The number of aryl methyl sites for hydroxylation is 1. The molecule has 5 N–H and O–H groups in total. The van der Waals surface area contributed by atoms with Crippen LogP contribution in [0.4, 0.5) is 5.95 Å². The molecule has 0 radical (unpaired) electrons. The molecular weight excluding hydrogens is 514 g/mol. The zero-order valence-electron chi connectivity index (χ0n) is 19.0. The minimum Gasteiger partial charge on any atom is -0.488 e. The first-order valence-electron chi connectivity index (χ1n) is 11.2. The predicted octanol–water partition coefficient (Wildman–Crippen LogP) is 3.30. The number of fused-ring (bicyclic) bond motifs is 1. The van der Waals surface area contributed by atoms with Gasteiger partial charge in [-0.2, -0.15) is 0 Å². The van der Waals surface area contributed by atoms with Gasteiger partial charge in [0.1, 0.15) is 29.4 Å². The number of benzene rings is 2. The molecule has 0 spiro atoms. The van der Waals surface area contributed by atoms with E-state index in [1.807, 2.05) is 43.3 Å². The SMILES string of the molecule is Cc1ccc(Br)cc1-n1cnc(C(=O)Nc2nc3cccc(OC4CCNCC4)c3[nH]2)c1C(N)=O. The summed E-state index contributed by atoms with van der Waals surface area (Å²) < 4.78 is 8.52. The van der Waals surface area contributed by atoms with E-state index in [2.05, 4.69) is 41.5 Å². The number of aromatic nitrogens is 4. The molecule has 2 aromatic carbocycles. The fraction of sp³-hybridized carbons (Fsp3) is 0.250. The average Bonchev–Trinajstić information content (AvgIpc) is 3.46. The largest absolute Gasteiger partial charge is 0.488 e. The number of H-pyrrole nitrogens is 1. The van der Waals surface area contributed by atoms with Gasteiger partial charge in [-0.15, -0.1) is 0 Å². The van der Waals surface area contributed by atoms with E-state index in [-0.39, 0.29) is 23.4 Å². The van der Waals surface area contributed by atoms with Crippen LogP contribution < -0.4 is 21.1 Å². The number of nitrogens with zero attached hydrogens (tertiary/aromatic N) is 3. The Balaban J connectivity index is 1.43. The fourth-order valence-electron chi connectivity index (χ4n) is 4.20. The highest BCUT2D eigenvalue weighted by atomic mass is 79.9. The van der Waals surface area contributed by atoms with Gasteiger partial charge in [-0.05, 0) is 62.7 Å². The first kappa shape index (κ1) is 23.1. The number of hydrogen-bond donors (Lipinski definition) is 4. The molecule has 0 unspecified atom stereocenters. The molecule has 5 rings (SSSR count). The van der Waals surface area contributed by atoms with Crippen LogP contribution in [0.3, 0.4) is 0 Å². The third kappa shape index (κ3) is 4.64. The van der Waals surface area contributed by atoms with Crippen molar-refractivity contribution in [1.82, 2.24) is 24.8 Å². The van der Waals surface area contributed by atoms with Crippen LogP contribution in [0.1, 0.15) is 39.4 Å². The molecule has 0 aliphatic carbocycles. The summed E-state index contributed by atoms with van der Waals surface area (Å²) >= 11 is 3.43. The Morgan fingerprint density at radius 2 is 2.03 bits per heavy atom. The van der Waals surface area contributed by atoms with E-state index < -0.39 is 11.8 Å². The molecule has 35 heavy (non-hydrogen) atoms. The molecular formula is C24H24BrN7O3. The van der Waals surface area contributed by atoms with Crippen molar-refractivity contribution >= 4 is 44.7 Å². The maximum absolute atomic E-state index is 13.1. The van der Waals surface area contributed by atoms with Gasteiger partial charge in [-0.1, -0.05) is 28.1 Å². The lowest BCUT2D eigenvalue weighted by Crippen LogP contribution is -2.34. The number of carbonyl (C=O) groups excluding carboxylic acids is 2. The number of ether oxygens (including phenoxy) is 1. The Morgan fingerprint density at radius 1 is 1.23 bits per heavy atom. The van der Waals surface area contributed by atoms with Crippen LogP contribution in [0.5, 0.6) is 5.75 Å². The molecule has 2 aromatic heterocycles. The summed E-state index contributed by atoms with van der Waals surface area (Å²) in [5.41, 5.74) is 8.45. The van der Waals surface area contributed by atoms with E-state index in [0.717, 1.165) is 36.0 Å². The van der Waals surface area contributed by atoms with Gasteiger partial charge in [0.15, 0.2) is 5.69 Å². The summed E-state index contributed by atoms with van der Waals surface area (Å²) in [4.78, 5) is 37.2. The molecule has 0 saturated carbocycles. The first-order chi connectivity index (χ1) is 16.9. The van der Waals surface area contributed by atoms with Crippen molar-refractivity contribution < 1.29 is 14.3 Å². The molecule has 1 fully saturated rings. The maximum Gasteiger partial charge on any atom is 0.279 e. The molecule has 10 nitrogen and oxygen atoms in total. The van der Waals surface area contributed by atoms with E-state index in [9.17, 15) is 9.59 Å². The molecule has 11 heteroatoms. The molecule has 1 aliphatic heterocycles. The van der Waals surface area contributed by atoms with Gasteiger partial charge in [0, 0.05) is 4.47 Å². The van der Waals surface area contributed by atoms with E-state index in [1.165, 1.54) is 10.9 Å². The normalized spacial score (nSPS) is 14.2. The Hall–Kier alpha value is -3.70. The molecule has 0 bridgehead atoms. The number of hydrogen-bond acceptors (Lipinski definition) is 6. The van der Waals surface area contributed by atoms with Crippen LogP contribution in [0, 0.1) is 6.92 Å². The van der Waals surface area contributed by atoms with E-state index in [0.29, 0.717) is 22.5 Å². The first-order valence-corrected chi connectivity index (χ1v) is 12.0. The maximum atomic E-state index is 13.1. The Bertz CT molecular complexity index is 1420. The Morgan fingerprint density at radius 3 is 2.80 bits per heavy atom. The van der Waals surface area contributed by atoms with Crippen molar-refractivity contribution in [1.29, 1.82) is 0 Å². The lowest BCUT2D eigenvalue weighted by Gasteiger charge is -2.23. The van der Waals surface area contributed by atoms with Crippen molar-refractivity contribution in [2.45, 2.75) is 25.9 Å². The lowest BCUT2D eigenvalue weighted by atomic mass is 10.1. The van der Waals surface area contributed by atoms with Gasteiger partial charge < -0.3 is 20.8 Å². The van der Waals surface area contributed by atoms with Crippen LogP contribution in [-0.2, 0) is 0 Å². The highest BCUT2D eigenvalue weighted by Gasteiger charge is 2.25. The fourth-order valence-corrected chi connectivity index (χ4v) is 4.55. The van der Waals surface area contributed by atoms with Gasteiger partial charge in [0.05, 0.1) is 11.2 Å². The number of amides is 2. The number of primary amides is 1. The number of carbonyl (C=O) groups is 2. The monoisotopic (exact) mass is 537 g/mol. The van der Waals surface area contributed by atoms with Crippen molar-refractivity contribution in [2.75, 3.05) is 18.4 Å². The van der Waals surface area contributed by atoms with Crippen molar-refractivity contribution in [3.05, 3.63) is 64.1 Å². The van der Waals surface area contributed by atoms with Crippen molar-refractivity contribution in [2.24, 2.45) is 5.73 Å². The van der Waals surface area contributed by atoms with Crippen LogP contribution in [0.15, 0.2) is 47.2 Å². The quantitative estimate of drug-likeness (QED) is 0.297. The number of halogens is 1. The minimum atomic E-state index is -0.769. The molecule has 180 valence electrons. The number of piperidine rings is 1. The zero-order valence-corrected chi connectivity index (χ0v) is 20.6. The number of anilines is 1. The summed E-state index contributed by atoms with van der Waals surface area (Å²) in [5, 5.41) is 6.02. The van der Waals surface area contributed by atoms with Gasteiger partial charge in [0.2, 0.25) is 5.95 Å². The standard InChI is InChI=1S/C24H24BrN7O3/c1-13-5-6-14(25)11-17(13)32-12-28-20(21(32)22(26)33)23(34)31-24-29-16-3-2-4-18(19(16)30-24)35-15-7-9-27-10-8-15/h2-6,11-12,15,27H,7-10H2,1H3,(H2,26,33)(H2,29,30,31,34). The van der Waals surface area contributed by atoms with Crippen molar-refractivity contribution in [3.8, 4) is 11.4 Å². The molecule has 0 atom stereocenters. The molecule has 1 aliphatic rings. The Labute approximate surface area is 209 Å².